The van der Waals surface area contributed by atoms with E-state index in [-0.39, 0.29) is 21.4 Å². The molecule has 114 valence electrons. The Morgan fingerprint density at radius 2 is 2.00 bits per heavy atom. The van der Waals surface area contributed by atoms with Crippen LogP contribution in [-0.4, -0.2) is 34.2 Å². The molecule has 4 N–H and O–H groups in total. The van der Waals surface area contributed by atoms with Crippen molar-refractivity contribution in [1.29, 1.82) is 0 Å². The van der Waals surface area contributed by atoms with E-state index in [0.717, 1.165) is 24.0 Å². The van der Waals surface area contributed by atoms with Crippen molar-refractivity contribution in [1.82, 2.24) is 5.32 Å². The van der Waals surface area contributed by atoms with Crippen LogP contribution in [-0.2, 0) is 9.84 Å². The molecule has 0 bridgehead atoms. The summed E-state index contributed by atoms with van der Waals surface area (Å²) in [4.78, 5) is 11.9. The summed E-state index contributed by atoms with van der Waals surface area (Å²) in [6.45, 7) is 4.79. The number of nitrogens with two attached hydrogens (primary N) is 1. The van der Waals surface area contributed by atoms with Gasteiger partial charge in [-0.15, -0.1) is 11.3 Å². The van der Waals surface area contributed by atoms with Crippen molar-refractivity contribution in [2.75, 3.05) is 30.9 Å². The minimum atomic E-state index is -3.49. The minimum absolute atomic E-state index is 0.0175. The number of carbonyl (C=O) groups is 1. The Labute approximate surface area is 123 Å². The predicted molar refractivity (Wildman–Crippen MR) is 83.2 cm³/mol. The molecule has 0 aliphatic carbocycles. The molecule has 0 radical (unpaired) electrons. The fourth-order valence-corrected chi connectivity index (χ4v) is 4.21. The molecule has 0 aromatic carbocycles. The van der Waals surface area contributed by atoms with Gasteiger partial charge in [0, 0.05) is 19.8 Å². The van der Waals surface area contributed by atoms with Crippen LogP contribution in [0.1, 0.15) is 29.9 Å². The van der Waals surface area contributed by atoms with Gasteiger partial charge in [0.15, 0.2) is 9.84 Å². The van der Waals surface area contributed by atoms with Crippen LogP contribution < -0.4 is 16.4 Å². The Hall–Kier alpha value is -1.28. The molecule has 20 heavy (non-hydrogen) atoms. The molecule has 0 atom stereocenters. The number of hydrogen-bond acceptors (Lipinski definition) is 6. The Morgan fingerprint density at radius 1 is 1.40 bits per heavy atom. The fourth-order valence-electron chi connectivity index (χ4n) is 1.67. The lowest BCUT2D eigenvalue weighted by Gasteiger charge is -2.08. The number of nitrogens with one attached hydrogen (secondary N) is 2. The van der Waals surface area contributed by atoms with E-state index in [4.69, 9.17) is 5.73 Å². The Balaban J connectivity index is 3.18. The first-order valence-corrected chi connectivity index (χ1v) is 8.97. The zero-order valence-electron chi connectivity index (χ0n) is 12.1. The molecule has 0 saturated heterocycles. The highest BCUT2D eigenvalue weighted by atomic mass is 32.2. The molecule has 1 amide bonds. The van der Waals surface area contributed by atoms with Crippen LogP contribution in [0.3, 0.4) is 0 Å². The average molecular weight is 319 g/mol. The summed E-state index contributed by atoms with van der Waals surface area (Å²) < 4.78 is 23.7. The zero-order valence-corrected chi connectivity index (χ0v) is 13.7. The van der Waals surface area contributed by atoms with Gasteiger partial charge in [-0.1, -0.05) is 13.8 Å². The van der Waals surface area contributed by atoms with Crippen LogP contribution in [0.5, 0.6) is 0 Å². The quantitative estimate of drug-likeness (QED) is 0.738. The third-order valence-electron chi connectivity index (χ3n) is 2.71. The first kappa shape index (κ1) is 16.8. The van der Waals surface area contributed by atoms with Gasteiger partial charge in [-0.25, -0.2) is 8.42 Å². The predicted octanol–water partition coefficient (Wildman–Crippen LogP) is 1.55. The normalized spacial score (nSPS) is 11.7. The average Bonchev–Trinajstić information content (AvgIpc) is 2.64. The van der Waals surface area contributed by atoms with E-state index in [1.165, 1.54) is 7.05 Å². The van der Waals surface area contributed by atoms with E-state index in [0.29, 0.717) is 17.5 Å². The molecule has 0 unspecified atom stereocenters. The third kappa shape index (κ3) is 3.86. The maximum Gasteiger partial charge on any atom is 0.263 e. The van der Waals surface area contributed by atoms with E-state index < -0.39 is 9.84 Å². The van der Waals surface area contributed by atoms with Crippen molar-refractivity contribution >= 4 is 37.8 Å². The van der Waals surface area contributed by atoms with E-state index in [1.54, 1.807) is 0 Å². The Kier molecular flexibility index (Phi) is 5.41. The number of anilines is 2. The summed E-state index contributed by atoms with van der Waals surface area (Å²) in [5, 5.41) is 5.96. The van der Waals surface area contributed by atoms with Gasteiger partial charge >= 0.3 is 0 Å². The minimum Gasteiger partial charge on any atom is -0.396 e. The van der Waals surface area contributed by atoms with Crippen molar-refractivity contribution in [3.8, 4) is 0 Å². The van der Waals surface area contributed by atoms with Crippen molar-refractivity contribution < 1.29 is 13.2 Å². The molecule has 8 heteroatoms. The maximum atomic E-state index is 11.9. The van der Waals surface area contributed by atoms with Crippen LogP contribution in [0, 0.1) is 5.92 Å². The largest absolute Gasteiger partial charge is 0.396 e. The van der Waals surface area contributed by atoms with Crippen molar-refractivity contribution in [3.63, 3.8) is 0 Å². The van der Waals surface area contributed by atoms with Gasteiger partial charge in [0.1, 0.15) is 14.8 Å². The Morgan fingerprint density at radius 3 is 2.45 bits per heavy atom. The molecular formula is C12H21N3O3S2. The van der Waals surface area contributed by atoms with Crippen molar-refractivity contribution in [2.24, 2.45) is 5.92 Å². The SMILES string of the molecule is CNC(=O)c1sc(NCCC(C)C)c(S(C)(=O)=O)c1N. The smallest absolute Gasteiger partial charge is 0.263 e. The van der Waals surface area contributed by atoms with Gasteiger partial charge in [0.05, 0.1) is 5.69 Å². The van der Waals surface area contributed by atoms with Crippen LogP contribution in [0.25, 0.3) is 0 Å². The molecular weight excluding hydrogens is 298 g/mol. The monoisotopic (exact) mass is 319 g/mol. The molecule has 1 heterocycles. The van der Waals surface area contributed by atoms with Crippen LogP contribution in [0.15, 0.2) is 4.90 Å². The summed E-state index contributed by atoms with van der Waals surface area (Å²) in [6, 6.07) is 0. The highest BCUT2D eigenvalue weighted by molar-refractivity contribution is 7.91. The highest BCUT2D eigenvalue weighted by Gasteiger charge is 2.26. The number of sulfone groups is 1. The summed E-state index contributed by atoms with van der Waals surface area (Å²) in [6.07, 6.45) is 1.99. The highest BCUT2D eigenvalue weighted by Crippen LogP contribution is 2.39. The second-order valence-electron chi connectivity index (χ2n) is 4.96. The fraction of sp³-hybridized carbons (Fsp3) is 0.583. The molecule has 6 nitrogen and oxygen atoms in total. The summed E-state index contributed by atoms with van der Waals surface area (Å²) >= 11 is 1.07. The number of nitrogen functional groups attached to an aromatic ring is 1. The van der Waals surface area contributed by atoms with Crippen molar-refractivity contribution in [2.45, 2.75) is 25.2 Å². The number of thiophene rings is 1. The number of amides is 1. The summed E-state index contributed by atoms with van der Waals surface area (Å²) in [5.41, 5.74) is 5.85. The molecule has 1 rings (SSSR count). The van der Waals surface area contributed by atoms with Crippen LogP contribution in [0.2, 0.25) is 0 Å². The van der Waals surface area contributed by atoms with Gasteiger partial charge in [-0.2, -0.15) is 0 Å². The molecule has 1 aromatic rings. The van der Waals surface area contributed by atoms with E-state index in [2.05, 4.69) is 24.5 Å². The first-order chi connectivity index (χ1) is 9.18. The number of rotatable bonds is 6. The molecule has 0 spiro atoms. The topological polar surface area (TPSA) is 101 Å². The molecule has 0 aliphatic heterocycles. The lowest BCUT2D eigenvalue weighted by Crippen LogP contribution is -2.18. The van der Waals surface area contributed by atoms with E-state index in [1.807, 2.05) is 0 Å². The molecule has 0 saturated carbocycles. The first-order valence-electron chi connectivity index (χ1n) is 6.26. The van der Waals surface area contributed by atoms with Gasteiger partial charge < -0.3 is 16.4 Å². The standard InChI is InChI=1S/C12H21N3O3S2/c1-7(2)5-6-15-12-10(20(4,17)18)8(13)9(19-12)11(16)14-3/h7,15H,5-6,13H2,1-4H3,(H,14,16). The lowest BCUT2D eigenvalue weighted by atomic mass is 10.1. The van der Waals surface area contributed by atoms with Gasteiger partial charge in [0.25, 0.3) is 5.91 Å². The second kappa shape index (κ2) is 6.45. The van der Waals surface area contributed by atoms with Crippen LogP contribution >= 0.6 is 11.3 Å². The van der Waals surface area contributed by atoms with Crippen LogP contribution in [0.4, 0.5) is 10.7 Å². The van der Waals surface area contributed by atoms with Gasteiger partial charge in [-0.3, -0.25) is 4.79 Å². The number of carbonyl (C=O) groups excluding carboxylic acids is 1. The van der Waals surface area contributed by atoms with E-state index in [9.17, 15) is 13.2 Å². The summed E-state index contributed by atoms with van der Waals surface area (Å²) in [5.74, 6) is 0.120. The maximum absolute atomic E-state index is 11.9. The Bertz CT molecular complexity index is 591. The van der Waals surface area contributed by atoms with Crippen molar-refractivity contribution in [3.05, 3.63) is 4.88 Å². The molecule has 0 fully saturated rings. The van der Waals surface area contributed by atoms with Gasteiger partial charge in [0.2, 0.25) is 0 Å². The third-order valence-corrected chi connectivity index (χ3v) is 5.17. The molecule has 0 aliphatic rings. The second-order valence-corrected chi connectivity index (χ2v) is 7.94. The molecule has 1 aromatic heterocycles. The lowest BCUT2D eigenvalue weighted by molar-refractivity contribution is 0.0968. The van der Waals surface area contributed by atoms with Gasteiger partial charge in [-0.05, 0) is 12.3 Å². The van der Waals surface area contributed by atoms with E-state index >= 15 is 0 Å². The zero-order chi connectivity index (χ0) is 15.5. The number of hydrogen-bond donors (Lipinski definition) is 3. The summed E-state index contributed by atoms with van der Waals surface area (Å²) in [7, 11) is -2.01.